The second-order valence-corrected chi connectivity index (χ2v) is 7.03. The molecule has 0 saturated heterocycles. The molecule has 2 amide bonds. The number of nitrogens with one attached hydrogen (secondary N) is 2. The predicted octanol–water partition coefficient (Wildman–Crippen LogP) is 2.89. The van der Waals surface area contributed by atoms with Gasteiger partial charge in [-0.15, -0.1) is 10.2 Å². The number of anilines is 1. The maximum Gasteiger partial charge on any atom is 0.255 e. The zero-order valence-electron chi connectivity index (χ0n) is 15.4. The molecule has 0 aliphatic rings. The molecule has 2 N–H and O–H groups in total. The molecule has 0 aliphatic heterocycles. The Morgan fingerprint density at radius 2 is 1.92 bits per heavy atom. The van der Waals surface area contributed by atoms with E-state index in [-0.39, 0.29) is 17.7 Å². The first-order valence-corrected chi connectivity index (χ1v) is 9.43. The number of ether oxygens (including phenoxy) is 1. The molecule has 0 fully saturated rings. The van der Waals surface area contributed by atoms with Crippen molar-refractivity contribution in [3.63, 3.8) is 0 Å². The molecule has 1 unspecified atom stereocenters. The van der Waals surface area contributed by atoms with Crippen LogP contribution in [0.4, 0.5) is 5.13 Å². The van der Waals surface area contributed by atoms with E-state index in [2.05, 4.69) is 20.8 Å². The van der Waals surface area contributed by atoms with Crippen LogP contribution in [0.5, 0.6) is 5.75 Å². The Morgan fingerprint density at radius 1 is 1.19 bits per heavy atom. The van der Waals surface area contributed by atoms with E-state index >= 15 is 0 Å². The lowest BCUT2D eigenvalue weighted by molar-refractivity contribution is -0.118. The summed E-state index contributed by atoms with van der Waals surface area (Å²) in [7, 11) is 0. The van der Waals surface area contributed by atoms with E-state index in [4.69, 9.17) is 4.74 Å². The first-order valence-electron chi connectivity index (χ1n) is 8.62. The molecule has 0 saturated carbocycles. The molecule has 1 aromatic carbocycles. The van der Waals surface area contributed by atoms with E-state index in [9.17, 15) is 9.59 Å². The number of carbonyl (C=O) groups excluding carboxylic acids is 2. The van der Waals surface area contributed by atoms with Gasteiger partial charge in [0.25, 0.3) is 5.91 Å². The highest BCUT2D eigenvalue weighted by Crippen LogP contribution is 2.19. The van der Waals surface area contributed by atoms with Crippen LogP contribution in [-0.2, 0) is 11.2 Å². The van der Waals surface area contributed by atoms with E-state index in [1.165, 1.54) is 11.3 Å². The lowest BCUT2D eigenvalue weighted by atomic mass is 10.0. The maximum atomic E-state index is 12.7. The van der Waals surface area contributed by atoms with Gasteiger partial charge < -0.3 is 10.1 Å². The number of benzene rings is 1. The molecular formula is C18H24N4O3S. The summed E-state index contributed by atoms with van der Waals surface area (Å²) in [5.74, 6) is -0.278. The number of hydrogen-bond acceptors (Lipinski definition) is 6. The van der Waals surface area contributed by atoms with Gasteiger partial charge in [-0.25, -0.2) is 0 Å². The number of aromatic nitrogens is 2. The van der Waals surface area contributed by atoms with Crippen molar-refractivity contribution in [2.24, 2.45) is 5.92 Å². The molecular weight excluding hydrogens is 352 g/mol. The van der Waals surface area contributed by atoms with Crippen LogP contribution >= 0.6 is 11.3 Å². The van der Waals surface area contributed by atoms with E-state index in [0.717, 1.165) is 11.4 Å². The minimum atomic E-state index is -0.703. The van der Waals surface area contributed by atoms with Crippen molar-refractivity contribution in [2.75, 3.05) is 11.9 Å². The fraction of sp³-hybridized carbons (Fsp3) is 0.444. The third-order valence-corrected chi connectivity index (χ3v) is 4.65. The Morgan fingerprint density at radius 3 is 2.54 bits per heavy atom. The third kappa shape index (κ3) is 5.01. The van der Waals surface area contributed by atoms with Gasteiger partial charge in [0.05, 0.1) is 12.2 Å². The quantitative estimate of drug-likeness (QED) is 0.739. The summed E-state index contributed by atoms with van der Waals surface area (Å²) in [6, 6.07) is 6.26. The molecule has 2 aromatic rings. The average molecular weight is 376 g/mol. The van der Waals surface area contributed by atoms with Gasteiger partial charge in [0, 0.05) is 0 Å². The Kier molecular flexibility index (Phi) is 7.08. The number of hydrogen-bond donors (Lipinski definition) is 2. The summed E-state index contributed by atoms with van der Waals surface area (Å²) in [4.78, 5) is 25.3. The Bertz CT molecular complexity index is 760. The van der Waals surface area contributed by atoms with Gasteiger partial charge in [0.1, 0.15) is 16.8 Å². The van der Waals surface area contributed by atoms with Crippen LogP contribution in [0.15, 0.2) is 24.3 Å². The van der Waals surface area contributed by atoms with Gasteiger partial charge in [-0.3, -0.25) is 14.9 Å². The van der Waals surface area contributed by atoms with Crippen molar-refractivity contribution >= 4 is 28.3 Å². The average Bonchev–Trinajstić information content (AvgIpc) is 3.07. The first kappa shape index (κ1) is 19.8. The molecule has 8 heteroatoms. The lowest BCUT2D eigenvalue weighted by Gasteiger charge is -2.21. The molecule has 0 aliphatic carbocycles. The van der Waals surface area contributed by atoms with Crippen LogP contribution in [0, 0.1) is 5.92 Å². The molecule has 140 valence electrons. The standard InChI is InChI=1S/C18H24N4O3S/c1-5-14-21-22-18(26-14)20-17(24)15(11(3)4)19-16(23)12-9-7-8-10-13(12)25-6-2/h7-11,15H,5-6H2,1-4H3,(H,19,23)(H,20,22,24). The largest absolute Gasteiger partial charge is 0.493 e. The van der Waals surface area contributed by atoms with Gasteiger partial charge in [0.15, 0.2) is 0 Å². The zero-order chi connectivity index (χ0) is 19.1. The predicted molar refractivity (Wildman–Crippen MR) is 102 cm³/mol. The summed E-state index contributed by atoms with van der Waals surface area (Å²) >= 11 is 1.33. The van der Waals surface area contributed by atoms with Crippen LogP contribution < -0.4 is 15.4 Å². The smallest absolute Gasteiger partial charge is 0.255 e. The molecule has 26 heavy (non-hydrogen) atoms. The summed E-state index contributed by atoms with van der Waals surface area (Å²) in [6.07, 6.45) is 0.756. The van der Waals surface area contributed by atoms with Gasteiger partial charge >= 0.3 is 0 Å². The SMILES string of the molecule is CCOc1ccccc1C(=O)NC(C(=O)Nc1nnc(CC)s1)C(C)C. The molecule has 0 radical (unpaired) electrons. The maximum absolute atomic E-state index is 12.7. The molecule has 1 atom stereocenters. The van der Waals surface area contributed by atoms with Gasteiger partial charge in [-0.2, -0.15) is 0 Å². The third-order valence-electron chi connectivity index (χ3n) is 3.67. The topological polar surface area (TPSA) is 93.2 Å². The van der Waals surface area contributed by atoms with Crippen molar-refractivity contribution in [1.82, 2.24) is 15.5 Å². The van der Waals surface area contributed by atoms with Crippen LogP contribution in [0.2, 0.25) is 0 Å². The summed E-state index contributed by atoms with van der Waals surface area (Å²) in [6.45, 7) is 8.02. The van der Waals surface area contributed by atoms with E-state index in [1.807, 2.05) is 27.7 Å². The monoisotopic (exact) mass is 376 g/mol. The lowest BCUT2D eigenvalue weighted by Crippen LogP contribution is -2.47. The highest BCUT2D eigenvalue weighted by atomic mass is 32.1. The van der Waals surface area contributed by atoms with Crippen LogP contribution in [0.3, 0.4) is 0 Å². The van der Waals surface area contributed by atoms with Crippen LogP contribution in [0.25, 0.3) is 0 Å². The van der Waals surface area contributed by atoms with Gasteiger partial charge in [-0.1, -0.05) is 44.2 Å². The molecule has 0 spiro atoms. The number of aryl methyl sites for hydroxylation is 1. The molecule has 7 nitrogen and oxygen atoms in total. The Hall–Kier alpha value is -2.48. The minimum Gasteiger partial charge on any atom is -0.493 e. The number of nitrogens with zero attached hydrogens (tertiary/aromatic N) is 2. The Labute approximate surface area is 157 Å². The van der Waals surface area contributed by atoms with Crippen molar-refractivity contribution in [2.45, 2.75) is 40.2 Å². The van der Waals surface area contributed by atoms with Crippen molar-refractivity contribution in [3.05, 3.63) is 34.8 Å². The van der Waals surface area contributed by atoms with Gasteiger partial charge in [0.2, 0.25) is 11.0 Å². The molecule has 1 heterocycles. The van der Waals surface area contributed by atoms with E-state index in [1.54, 1.807) is 24.3 Å². The van der Waals surface area contributed by atoms with Crippen LogP contribution in [-0.4, -0.2) is 34.7 Å². The number of carbonyl (C=O) groups is 2. The minimum absolute atomic E-state index is 0.100. The van der Waals surface area contributed by atoms with E-state index in [0.29, 0.717) is 23.1 Å². The van der Waals surface area contributed by atoms with E-state index < -0.39 is 6.04 Å². The molecule has 1 aromatic heterocycles. The fourth-order valence-electron chi connectivity index (χ4n) is 2.32. The summed E-state index contributed by atoms with van der Waals surface area (Å²) in [5, 5.41) is 14.7. The zero-order valence-corrected chi connectivity index (χ0v) is 16.2. The summed E-state index contributed by atoms with van der Waals surface area (Å²) < 4.78 is 5.49. The van der Waals surface area contributed by atoms with Crippen molar-refractivity contribution in [3.8, 4) is 5.75 Å². The highest BCUT2D eigenvalue weighted by molar-refractivity contribution is 7.15. The fourth-order valence-corrected chi connectivity index (χ4v) is 3.00. The second-order valence-electron chi connectivity index (χ2n) is 5.97. The first-order chi connectivity index (χ1) is 12.5. The molecule has 0 bridgehead atoms. The van der Waals surface area contributed by atoms with Crippen molar-refractivity contribution in [1.29, 1.82) is 0 Å². The highest BCUT2D eigenvalue weighted by Gasteiger charge is 2.26. The van der Waals surface area contributed by atoms with Crippen molar-refractivity contribution < 1.29 is 14.3 Å². The Balaban J connectivity index is 2.12. The normalized spacial score (nSPS) is 11.9. The molecule has 2 rings (SSSR count). The van der Waals surface area contributed by atoms with Gasteiger partial charge in [-0.05, 0) is 31.4 Å². The second kappa shape index (κ2) is 9.28. The number of amides is 2. The summed E-state index contributed by atoms with van der Waals surface area (Å²) in [5.41, 5.74) is 0.400. The van der Waals surface area contributed by atoms with Crippen LogP contribution in [0.1, 0.15) is 43.1 Å². The number of rotatable bonds is 8. The number of para-hydroxylation sites is 1.